The van der Waals surface area contributed by atoms with Gasteiger partial charge in [-0.25, -0.2) is 4.98 Å². The summed E-state index contributed by atoms with van der Waals surface area (Å²) in [6, 6.07) is 5.63. The van der Waals surface area contributed by atoms with Gasteiger partial charge in [0.1, 0.15) is 5.82 Å². The van der Waals surface area contributed by atoms with Crippen molar-refractivity contribution in [1.29, 1.82) is 0 Å². The van der Waals surface area contributed by atoms with Crippen LogP contribution in [0.4, 0.5) is 5.69 Å². The van der Waals surface area contributed by atoms with Crippen molar-refractivity contribution in [2.45, 2.75) is 25.9 Å². The number of aromatic amines is 1. The van der Waals surface area contributed by atoms with E-state index in [0.717, 1.165) is 29.9 Å². The summed E-state index contributed by atoms with van der Waals surface area (Å²) in [6.07, 6.45) is 0. The van der Waals surface area contributed by atoms with Crippen LogP contribution in [0.5, 0.6) is 0 Å². The summed E-state index contributed by atoms with van der Waals surface area (Å²) >= 11 is 0. The lowest BCUT2D eigenvalue weighted by Crippen LogP contribution is -2.61. The van der Waals surface area contributed by atoms with Gasteiger partial charge in [-0.3, -0.25) is 9.69 Å². The van der Waals surface area contributed by atoms with E-state index in [0.29, 0.717) is 12.2 Å². The number of hydrogen-bond donors (Lipinski definition) is 2. The molecule has 0 bridgehead atoms. The highest BCUT2D eigenvalue weighted by Crippen LogP contribution is 2.24. The fourth-order valence-electron chi connectivity index (χ4n) is 2.87. The van der Waals surface area contributed by atoms with Crippen molar-refractivity contribution < 1.29 is 4.79 Å². The average Bonchev–Trinajstić information content (AvgIpc) is 2.81. The van der Waals surface area contributed by atoms with Gasteiger partial charge in [0.25, 0.3) is 0 Å². The number of anilines is 1. The molecule has 0 aliphatic carbocycles. The van der Waals surface area contributed by atoms with Crippen molar-refractivity contribution in [3.63, 3.8) is 0 Å². The number of carbonyl (C=O) groups is 1. The molecular weight excluding hydrogens is 266 g/mol. The minimum absolute atomic E-state index is 0.147. The number of nitrogens with two attached hydrogens (primary N) is 1. The van der Waals surface area contributed by atoms with Crippen LogP contribution in [0.25, 0.3) is 11.0 Å². The van der Waals surface area contributed by atoms with E-state index >= 15 is 0 Å². The maximum absolute atomic E-state index is 12.3. The van der Waals surface area contributed by atoms with Crippen LogP contribution in [-0.4, -0.2) is 51.4 Å². The van der Waals surface area contributed by atoms with Crippen LogP contribution >= 0.6 is 0 Å². The van der Waals surface area contributed by atoms with Gasteiger partial charge >= 0.3 is 0 Å². The molecule has 0 spiro atoms. The van der Waals surface area contributed by atoms with Gasteiger partial charge in [-0.1, -0.05) is 0 Å². The minimum atomic E-state index is -0.509. The zero-order valence-corrected chi connectivity index (χ0v) is 12.7. The Hall–Kier alpha value is -2.08. The quantitative estimate of drug-likeness (QED) is 0.814. The molecule has 3 N–H and O–H groups in total. The van der Waals surface area contributed by atoms with Gasteiger partial charge < -0.3 is 15.6 Å². The van der Waals surface area contributed by atoms with Crippen LogP contribution in [0.3, 0.4) is 0 Å². The highest BCUT2D eigenvalue weighted by atomic mass is 16.2. The molecule has 0 radical (unpaired) electrons. The summed E-state index contributed by atoms with van der Waals surface area (Å²) in [5.41, 5.74) is 7.83. The van der Waals surface area contributed by atoms with Crippen LogP contribution in [-0.2, 0) is 11.3 Å². The van der Waals surface area contributed by atoms with Crippen molar-refractivity contribution in [2.24, 2.45) is 0 Å². The molecule has 1 aromatic carbocycles. The summed E-state index contributed by atoms with van der Waals surface area (Å²) in [6.45, 7) is 6.14. The molecule has 1 aromatic heterocycles. The molecular formula is C15H21N5O. The third kappa shape index (κ3) is 2.35. The fraction of sp³-hybridized carbons (Fsp3) is 0.467. The number of rotatable bonds is 2. The number of likely N-dealkylation sites (N-methyl/N-ethyl adjacent to an activating group) is 1. The zero-order chi connectivity index (χ0) is 15.2. The predicted octanol–water partition coefficient (Wildman–Crippen LogP) is 1.20. The van der Waals surface area contributed by atoms with Crippen molar-refractivity contribution in [3.8, 4) is 0 Å². The topological polar surface area (TPSA) is 78.2 Å². The molecule has 21 heavy (non-hydrogen) atoms. The molecule has 0 unspecified atom stereocenters. The van der Waals surface area contributed by atoms with Crippen LogP contribution < -0.4 is 5.73 Å². The maximum atomic E-state index is 12.3. The van der Waals surface area contributed by atoms with Gasteiger partial charge in [-0.15, -0.1) is 0 Å². The van der Waals surface area contributed by atoms with E-state index in [-0.39, 0.29) is 5.91 Å². The highest BCUT2D eigenvalue weighted by molar-refractivity contribution is 5.86. The summed E-state index contributed by atoms with van der Waals surface area (Å²) < 4.78 is 0. The SMILES string of the molecule is CN1CCN(Cc2nc3ccc(N)cc3[nH]2)C(C)(C)C1=O. The Labute approximate surface area is 123 Å². The minimum Gasteiger partial charge on any atom is -0.399 e. The molecule has 1 aliphatic rings. The smallest absolute Gasteiger partial charge is 0.242 e. The zero-order valence-electron chi connectivity index (χ0n) is 12.7. The molecule has 6 heteroatoms. The second-order valence-corrected chi connectivity index (χ2v) is 6.17. The molecule has 0 atom stereocenters. The third-order valence-corrected chi connectivity index (χ3v) is 4.26. The lowest BCUT2D eigenvalue weighted by molar-refractivity contribution is -0.147. The van der Waals surface area contributed by atoms with E-state index in [4.69, 9.17) is 5.73 Å². The van der Waals surface area contributed by atoms with Crippen LogP contribution in [0, 0.1) is 0 Å². The van der Waals surface area contributed by atoms with Gasteiger partial charge in [0.15, 0.2) is 0 Å². The lowest BCUT2D eigenvalue weighted by Gasteiger charge is -2.44. The van der Waals surface area contributed by atoms with Crippen molar-refractivity contribution in [2.75, 3.05) is 25.9 Å². The van der Waals surface area contributed by atoms with Crippen LogP contribution in [0.2, 0.25) is 0 Å². The van der Waals surface area contributed by atoms with Gasteiger partial charge in [-0.2, -0.15) is 0 Å². The Bertz CT molecular complexity index is 690. The Morgan fingerprint density at radius 2 is 2.14 bits per heavy atom. The second kappa shape index (κ2) is 4.73. The van der Waals surface area contributed by atoms with Crippen LogP contribution in [0.15, 0.2) is 18.2 Å². The van der Waals surface area contributed by atoms with E-state index in [1.54, 1.807) is 4.90 Å². The largest absolute Gasteiger partial charge is 0.399 e. The monoisotopic (exact) mass is 287 g/mol. The molecule has 2 heterocycles. The van der Waals surface area contributed by atoms with Gasteiger partial charge in [0.05, 0.1) is 23.1 Å². The number of amides is 1. The molecule has 0 saturated carbocycles. The molecule has 1 aliphatic heterocycles. The summed E-state index contributed by atoms with van der Waals surface area (Å²) in [5, 5.41) is 0. The van der Waals surface area contributed by atoms with Crippen molar-refractivity contribution >= 4 is 22.6 Å². The molecule has 2 aromatic rings. The summed E-state index contributed by atoms with van der Waals surface area (Å²) in [5.74, 6) is 1.01. The first-order chi connectivity index (χ1) is 9.88. The number of carbonyl (C=O) groups excluding carboxylic acids is 1. The molecule has 1 fully saturated rings. The standard InChI is InChI=1S/C15H21N5O/c1-15(2)14(21)19(3)6-7-20(15)9-13-17-11-5-4-10(16)8-12(11)18-13/h4-5,8H,6-7,9,16H2,1-3H3,(H,17,18). The molecule has 112 valence electrons. The lowest BCUT2D eigenvalue weighted by atomic mass is 9.98. The maximum Gasteiger partial charge on any atom is 0.242 e. The third-order valence-electron chi connectivity index (χ3n) is 4.26. The van der Waals surface area contributed by atoms with E-state index in [1.807, 2.05) is 39.1 Å². The van der Waals surface area contributed by atoms with E-state index in [1.165, 1.54) is 0 Å². The average molecular weight is 287 g/mol. The first-order valence-corrected chi connectivity index (χ1v) is 7.12. The second-order valence-electron chi connectivity index (χ2n) is 6.17. The van der Waals surface area contributed by atoms with Crippen molar-refractivity contribution in [3.05, 3.63) is 24.0 Å². The fourth-order valence-corrected chi connectivity index (χ4v) is 2.87. The number of fused-ring (bicyclic) bond motifs is 1. The summed E-state index contributed by atoms with van der Waals surface area (Å²) in [7, 11) is 1.85. The van der Waals surface area contributed by atoms with Gasteiger partial charge in [0, 0.05) is 25.8 Å². The molecule has 1 amide bonds. The first-order valence-electron chi connectivity index (χ1n) is 7.12. The van der Waals surface area contributed by atoms with E-state index < -0.39 is 5.54 Å². The normalized spacial score (nSPS) is 19.4. The number of hydrogen-bond acceptors (Lipinski definition) is 4. The number of nitrogens with one attached hydrogen (secondary N) is 1. The number of aromatic nitrogens is 2. The van der Waals surface area contributed by atoms with Crippen LogP contribution in [0.1, 0.15) is 19.7 Å². The van der Waals surface area contributed by atoms with Crippen molar-refractivity contribution in [1.82, 2.24) is 19.8 Å². The van der Waals surface area contributed by atoms with Gasteiger partial charge in [0.2, 0.25) is 5.91 Å². The highest BCUT2D eigenvalue weighted by Gasteiger charge is 2.40. The Morgan fingerprint density at radius 1 is 1.38 bits per heavy atom. The Morgan fingerprint density at radius 3 is 2.90 bits per heavy atom. The van der Waals surface area contributed by atoms with E-state index in [2.05, 4.69) is 14.9 Å². The number of imidazole rings is 1. The Balaban J connectivity index is 1.86. The molecule has 3 rings (SSSR count). The number of piperazine rings is 1. The first kappa shape index (κ1) is 13.9. The number of nitrogen functional groups attached to an aromatic ring is 1. The number of benzene rings is 1. The molecule has 1 saturated heterocycles. The van der Waals surface area contributed by atoms with Gasteiger partial charge in [-0.05, 0) is 32.0 Å². The number of H-pyrrole nitrogens is 1. The molecule has 6 nitrogen and oxygen atoms in total. The van der Waals surface area contributed by atoms with E-state index in [9.17, 15) is 4.79 Å². The predicted molar refractivity (Wildman–Crippen MR) is 82.6 cm³/mol. The summed E-state index contributed by atoms with van der Waals surface area (Å²) in [4.78, 5) is 24.1. The number of nitrogens with zero attached hydrogens (tertiary/aromatic N) is 3. The Kier molecular flexibility index (Phi) is 3.13.